The molecule has 0 aromatic carbocycles. The highest BCUT2D eigenvalue weighted by molar-refractivity contribution is 14.0. The van der Waals surface area contributed by atoms with Gasteiger partial charge in [-0.2, -0.15) is 0 Å². The van der Waals surface area contributed by atoms with Crippen LogP contribution in [0.2, 0.25) is 0 Å². The second kappa shape index (κ2) is 12.5. The van der Waals surface area contributed by atoms with E-state index in [1.807, 2.05) is 0 Å². The molecule has 8 nitrogen and oxygen atoms in total. The summed E-state index contributed by atoms with van der Waals surface area (Å²) >= 11 is 0. The molecule has 0 amide bonds. The number of aryl methyl sites for hydroxylation is 1. The maximum absolute atomic E-state index is 5.47. The Kier molecular flexibility index (Phi) is 11.2. The first-order valence-corrected chi connectivity index (χ1v) is 9.78. The molecular formula is C18H36IN7O. The number of aromatic nitrogens is 3. The van der Waals surface area contributed by atoms with Gasteiger partial charge < -0.3 is 19.9 Å². The van der Waals surface area contributed by atoms with Crippen molar-refractivity contribution in [1.29, 1.82) is 0 Å². The van der Waals surface area contributed by atoms with Crippen LogP contribution >= 0.6 is 24.0 Å². The molecule has 1 fully saturated rings. The number of hydrogen-bond acceptors (Lipinski definition) is 5. The van der Waals surface area contributed by atoms with E-state index in [-0.39, 0.29) is 29.5 Å². The number of rotatable bonds is 9. The van der Waals surface area contributed by atoms with Gasteiger partial charge >= 0.3 is 0 Å². The van der Waals surface area contributed by atoms with Crippen LogP contribution in [0.3, 0.4) is 0 Å². The summed E-state index contributed by atoms with van der Waals surface area (Å²) in [5.41, 5.74) is 0.0221. The van der Waals surface area contributed by atoms with Crippen LogP contribution in [0.25, 0.3) is 0 Å². The Bertz CT molecular complexity index is 556. The Morgan fingerprint density at radius 1 is 1.22 bits per heavy atom. The fourth-order valence-corrected chi connectivity index (χ4v) is 2.99. The van der Waals surface area contributed by atoms with Crippen LogP contribution in [0.15, 0.2) is 11.3 Å². The van der Waals surface area contributed by atoms with Crippen molar-refractivity contribution in [2.24, 2.45) is 4.99 Å². The van der Waals surface area contributed by atoms with Crippen molar-refractivity contribution in [3.63, 3.8) is 0 Å². The number of morpholine rings is 1. The van der Waals surface area contributed by atoms with E-state index in [0.29, 0.717) is 0 Å². The molecule has 0 bridgehead atoms. The second-order valence-electron chi connectivity index (χ2n) is 7.22. The third kappa shape index (κ3) is 7.90. The number of halogens is 1. The molecule has 0 spiro atoms. The summed E-state index contributed by atoms with van der Waals surface area (Å²) in [6.45, 7) is 15.6. The van der Waals surface area contributed by atoms with Gasteiger partial charge in [-0.3, -0.25) is 9.89 Å². The number of ether oxygens (including phenoxy) is 1. The second-order valence-corrected chi connectivity index (χ2v) is 7.22. The molecule has 9 heteroatoms. The Morgan fingerprint density at radius 2 is 1.93 bits per heavy atom. The summed E-state index contributed by atoms with van der Waals surface area (Å²) in [6.07, 6.45) is 3.75. The lowest BCUT2D eigenvalue weighted by atomic mass is 10.0. The fourth-order valence-electron chi connectivity index (χ4n) is 2.99. The summed E-state index contributed by atoms with van der Waals surface area (Å²) in [6, 6.07) is 0. The maximum atomic E-state index is 5.47. The lowest BCUT2D eigenvalue weighted by molar-refractivity contribution is -0.00683. The average Bonchev–Trinajstić information content (AvgIpc) is 3.11. The highest BCUT2D eigenvalue weighted by atomic mass is 127. The van der Waals surface area contributed by atoms with Gasteiger partial charge in [0.1, 0.15) is 12.2 Å². The maximum Gasteiger partial charge on any atom is 0.191 e. The first-order valence-electron chi connectivity index (χ1n) is 9.78. The first-order chi connectivity index (χ1) is 12.6. The summed E-state index contributed by atoms with van der Waals surface area (Å²) in [5.74, 6) is 1.89. The van der Waals surface area contributed by atoms with Crippen LogP contribution < -0.4 is 10.6 Å². The number of nitrogens with zero attached hydrogens (tertiary/aromatic N) is 5. The Labute approximate surface area is 180 Å². The summed E-state index contributed by atoms with van der Waals surface area (Å²) in [5, 5.41) is 15.0. The van der Waals surface area contributed by atoms with Crippen molar-refractivity contribution in [2.75, 3.05) is 45.9 Å². The van der Waals surface area contributed by atoms with Gasteiger partial charge in [-0.25, -0.2) is 0 Å². The molecule has 1 aliphatic heterocycles. The first kappa shape index (κ1) is 24.1. The fraction of sp³-hybridized carbons (Fsp3) is 0.833. The largest absolute Gasteiger partial charge is 0.379 e. The molecule has 1 aromatic rings. The number of hydrogen-bond donors (Lipinski definition) is 2. The molecular weight excluding hydrogens is 457 g/mol. The zero-order valence-electron chi connectivity index (χ0n) is 17.2. The van der Waals surface area contributed by atoms with E-state index in [9.17, 15) is 0 Å². The minimum absolute atomic E-state index is 0. The van der Waals surface area contributed by atoms with Gasteiger partial charge in [0.15, 0.2) is 5.96 Å². The molecule has 1 aromatic heterocycles. The van der Waals surface area contributed by atoms with Crippen LogP contribution in [-0.4, -0.2) is 77.1 Å². The van der Waals surface area contributed by atoms with Crippen molar-refractivity contribution in [2.45, 2.75) is 52.6 Å². The molecule has 156 valence electrons. The Hall–Kier alpha value is -0.940. The van der Waals surface area contributed by atoms with Gasteiger partial charge in [-0.05, 0) is 20.3 Å². The predicted octanol–water partition coefficient (Wildman–Crippen LogP) is 1.51. The Morgan fingerprint density at radius 3 is 2.59 bits per heavy atom. The van der Waals surface area contributed by atoms with Gasteiger partial charge in [-0.1, -0.05) is 13.8 Å². The van der Waals surface area contributed by atoms with Gasteiger partial charge in [0.25, 0.3) is 0 Å². The number of guanidine groups is 1. The average molecular weight is 493 g/mol. The van der Waals surface area contributed by atoms with Gasteiger partial charge in [-0.15, -0.1) is 34.2 Å². The zero-order valence-corrected chi connectivity index (χ0v) is 19.5. The summed E-state index contributed by atoms with van der Waals surface area (Å²) in [7, 11) is 0. The van der Waals surface area contributed by atoms with Crippen molar-refractivity contribution in [3.05, 3.63) is 12.2 Å². The molecule has 0 unspecified atom stereocenters. The van der Waals surface area contributed by atoms with Crippen molar-refractivity contribution in [1.82, 2.24) is 30.3 Å². The van der Waals surface area contributed by atoms with Gasteiger partial charge in [0.05, 0.1) is 19.8 Å². The van der Waals surface area contributed by atoms with Crippen molar-refractivity contribution < 1.29 is 4.74 Å². The normalized spacial score (nSPS) is 16.1. The minimum Gasteiger partial charge on any atom is -0.379 e. The highest BCUT2D eigenvalue weighted by Crippen LogP contribution is 2.16. The van der Waals surface area contributed by atoms with E-state index in [0.717, 1.165) is 77.1 Å². The van der Waals surface area contributed by atoms with Crippen LogP contribution in [0.4, 0.5) is 0 Å². The quantitative estimate of drug-likeness (QED) is 0.309. The van der Waals surface area contributed by atoms with Gasteiger partial charge in [0.2, 0.25) is 0 Å². The molecule has 1 aliphatic rings. The number of aliphatic imine (C=N–C) groups is 1. The van der Waals surface area contributed by atoms with Crippen LogP contribution in [-0.2, 0) is 17.7 Å². The predicted molar refractivity (Wildman–Crippen MR) is 120 cm³/mol. The van der Waals surface area contributed by atoms with E-state index in [4.69, 9.17) is 9.73 Å². The minimum atomic E-state index is 0. The van der Waals surface area contributed by atoms with Crippen molar-refractivity contribution >= 4 is 29.9 Å². The standard InChI is InChI=1S/C18H35N7O.HI/c1-5-7-19-17(20-8-9-24-15-22-23-16(24)6-2)21-14-18(3,4)25-10-12-26-13-11-25;/h15H,5-14H2,1-4H3,(H2,19,20,21);1H. The molecule has 0 aliphatic carbocycles. The van der Waals surface area contributed by atoms with Crippen LogP contribution in [0.1, 0.15) is 39.9 Å². The lowest BCUT2D eigenvalue weighted by Crippen LogP contribution is -2.52. The SMILES string of the molecule is CCCNC(=NCC(C)(C)N1CCOCC1)NCCn1cnnc1CC.I. The van der Waals surface area contributed by atoms with E-state index in [1.54, 1.807) is 6.33 Å². The molecule has 1 saturated heterocycles. The monoisotopic (exact) mass is 493 g/mol. The van der Waals surface area contributed by atoms with E-state index < -0.39 is 0 Å². The Balaban J connectivity index is 0.00000364. The molecule has 2 N–H and O–H groups in total. The lowest BCUT2D eigenvalue weighted by Gasteiger charge is -2.39. The molecule has 2 heterocycles. The smallest absolute Gasteiger partial charge is 0.191 e. The molecule has 0 radical (unpaired) electrons. The highest BCUT2D eigenvalue weighted by Gasteiger charge is 2.28. The topological polar surface area (TPSA) is 79.6 Å². The van der Waals surface area contributed by atoms with E-state index >= 15 is 0 Å². The summed E-state index contributed by atoms with van der Waals surface area (Å²) < 4.78 is 7.55. The van der Waals surface area contributed by atoms with Crippen molar-refractivity contribution in [3.8, 4) is 0 Å². The zero-order chi connectivity index (χ0) is 18.8. The summed E-state index contributed by atoms with van der Waals surface area (Å²) in [4.78, 5) is 7.30. The van der Waals surface area contributed by atoms with E-state index in [1.165, 1.54) is 0 Å². The van der Waals surface area contributed by atoms with Gasteiger partial charge in [0, 0.05) is 44.7 Å². The third-order valence-electron chi connectivity index (χ3n) is 4.69. The van der Waals surface area contributed by atoms with E-state index in [2.05, 4.69) is 58.0 Å². The molecule has 2 rings (SSSR count). The van der Waals surface area contributed by atoms with Crippen LogP contribution in [0.5, 0.6) is 0 Å². The number of nitrogens with one attached hydrogen (secondary N) is 2. The van der Waals surface area contributed by atoms with Crippen LogP contribution in [0, 0.1) is 0 Å². The third-order valence-corrected chi connectivity index (χ3v) is 4.69. The molecule has 0 saturated carbocycles. The molecule has 27 heavy (non-hydrogen) atoms. The molecule has 0 atom stereocenters.